The quantitative estimate of drug-likeness (QED) is 0.362. The Morgan fingerprint density at radius 1 is 1.14 bits per heavy atom. The van der Waals surface area contributed by atoms with Crippen molar-refractivity contribution in [3.63, 3.8) is 0 Å². The molecule has 5 nitrogen and oxygen atoms in total. The van der Waals surface area contributed by atoms with Gasteiger partial charge in [0.15, 0.2) is 5.17 Å². The molecule has 0 radical (unpaired) electrons. The van der Waals surface area contributed by atoms with Crippen LogP contribution in [0, 0.1) is 5.82 Å². The number of amidine groups is 1. The summed E-state index contributed by atoms with van der Waals surface area (Å²) in [6.45, 7) is 3.94. The maximum absolute atomic E-state index is 13.6. The van der Waals surface area contributed by atoms with Gasteiger partial charge >= 0.3 is 0 Å². The van der Waals surface area contributed by atoms with Crippen molar-refractivity contribution >= 4 is 39.8 Å². The molecule has 0 atom stereocenters. The van der Waals surface area contributed by atoms with E-state index in [-0.39, 0.29) is 5.82 Å². The topological polar surface area (TPSA) is 53.2 Å². The van der Waals surface area contributed by atoms with E-state index in [2.05, 4.69) is 26.6 Å². The summed E-state index contributed by atoms with van der Waals surface area (Å²) in [4.78, 5) is 14.0. The molecular formula is C21H16FN5S. The molecule has 1 aromatic heterocycles. The minimum atomic E-state index is -0.326. The fourth-order valence-electron chi connectivity index (χ4n) is 2.72. The monoisotopic (exact) mass is 389 g/mol. The number of aliphatic imine (C=N–C) groups is 2. The van der Waals surface area contributed by atoms with Crippen molar-refractivity contribution < 1.29 is 4.39 Å². The molecular weight excluding hydrogens is 373 g/mol. The van der Waals surface area contributed by atoms with Crippen LogP contribution in [-0.4, -0.2) is 34.1 Å². The SMILES string of the molecule is C=C1N=CC(c2cccc(F)c2)=NN1C(=NC)Sc1ccc2ncccc2c1. The van der Waals surface area contributed by atoms with Crippen LogP contribution in [0.25, 0.3) is 10.9 Å². The van der Waals surface area contributed by atoms with Crippen LogP contribution < -0.4 is 0 Å². The van der Waals surface area contributed by atoms with Gasteiger partial charge in [-0.15, -0.1) is 0 Å². The largest absolute Gasteiger partial charge is 0.264 e. The molecule has 2 heterocycles. The Kier molecular flexibility index (Phi) is 4.99. The second-order valence-corrected chi connectivity index (χ2v) is 6.99. The lowest BCUT2D eigenvalue weighted by Crippen LogP contribution is -2.27. The molecule has 0 fully saturated rings. The third-order valence-electron chi connectivity index (χ3n) is 4.06. The lowest BCUT2D eigenvalue weighted by Gasteiger charge is -2.23. The first kappa shape index (κ1) is 18.1. The van der Waals surface area contributed by atoms with E-state index in [1.807, 2.05) is 30.3 Å². The van der Waals surface area contributed by atoms with Gasteiger partial charge in [0.25, 0.3) is 0 Å². The molecule has 3 aromatic rings. The highest BCUT2D eigenvalue weighted by atomic mass is 32.2. The maximum Gasteiger partial charge on any atom is 0.190 e. The van der Waals surface area contributed by atoms with E-state index in [0.29, 0.717) is 22.3 Å². The number of halogens is 1. The number of nitrogens with zero attached hydrogens (tertiary/aromatic N) is 5. The molecule has 1 aliphatic heterocycles. The molecule has 1 aliphatic rings. The average molecular weight is 389 g/mol. The molecule has 2 aromatic carbocycles. The Bertz CT molecular complexity index is 1150. The van der Waals surface area contributed by atoms with Gasteiger partial charge in [-0.3, -0.25) is 9.98 Å². The number of rotatable bonds is 2. The average Bonchev–Trinajstić information content (AvgIpc) is 2.72. The Morgan fingerprint density at radius 2 is 2.04 bits per heavy atom. The van der Waals surface area contributed by atoms with Crippen LogP contribution in [0.4, 0.5) is 4.39 Å². The number of aromatic nitrogens is 1. The Hall–Kier alpha value is -3.32. The van der Waals surface area contributed by atoms with Crippen LogP contribution in [-0.2, 0) is 0 Å². The zero-order chi connectivity index (χ0) is 19.5. The van der Waals surface area contributed by atoms with Crippen molar-refractivity contribution in [3.8, 4) is 0 Å². The van der Waals surface area contributed by atoms with Crippen LogP contribution >= 0.6 is 11.8 Å². The highest BCUT2D eigenvalue weighted by Gasteiger charge is 2.20. The number of hydrogen-bond acceptors (Lipinski definition) is 5. The minimum Gasteiger partial charge on any atom is -0.264 e. The molecule has 0 amide bonds. The van der Waals surface area contributed by atoms with Crippen LogP contribution in [0.15, 0.2) is 93.2 Å². The molecule has 0 unspecified atom stereocenters. The van der Waals surface area contributed by atoms with Crippen molar-refractivity contribution in [1.29, 1.82) is 0 Å². The second-order valence-electron chi connectivity index (χ2n) is 5.95. The van der Waals surface area contributed by atoms with Gasteiger partial charge < -0.3 is 0 Å². The number of hydrogen-bond donors (Lipinski definition) is 0. The van der Waals surface area contributed by atoms with Crippen LogP contribution in [0.2, 0.25) is 0 Å². The van der Waals surface area contributed by atoms with E-state index in [1.54, 1.807) is 36.6 Å². The Morgan fingerprint density at radius 3 is 2.86 bits per heavy atom. The van der Waals surface area contributed by atoms with E-state index >= 15 is 0 Å². The van der Waals surface area contributed by atoms with Crippen molar-refractivity contribution in [2.45, 2.75) is 4.90 Å². The van der Waals surface area contributed by atoms with Crippen molar-refractivity contribution in [2.75, 3.05) is 7.05 Å². The van der Waals surface area contributed by atoms with Crippen molar-refractivity contribution in [1.82, 2.24) is 9.99 Å². The smallest absolute Gasteiger partial charge is 0.190 e. The van der Waals surface area contributed by atoms with Gasteiger partial charge in [0, 0.05) is 29.1 Å². The highest BCUT2D eigenvalue weighted by molar-refractivity contribution is 8.13. The van der Waals surface area contributed by atoms with E-state index in [0.717, 1.165) is 15.8 Å². The lowest BCUT2D eigenvalue weighted by molar-refractivity contribution is 0.554. The van der Waals surface area contributed by atoms with E-state index in [9.17, 15) is 4.39 Å². The summed E-state index contributed by atoms with van der Waals surface area (Å²) in [5.41, 5.74) is 2.11. The molecule has 0 saturated heterocycles. The second kappa shape index (κ2) is 7.74. The van der Waals surface area contributed by atoms with Gasteiger partial charge in [-0.2, -0.15) is 10.1 Å². The van der Waals surface area contributed by atoms with E-state index in [1.165, 1.54) is 23.9 Å². The van der Waals surface area contributed by atoms with Gasteiger partial charge in [-0.1, -0.05) is 36.5 Å². The maximum atomic E-state index is 13.6. The third kappa shape index (κ3) is 3.70. The van der Waals surface area contributed by atoms with Gasteiger partial charge in [-0.25, -0.2) is 9.38 Å². The third-order valence-corrected chi connectivity index (χ3v) is 5.09. The first-order chi connectivity index (χ1) is 13.6. The number of fused-ring (bicyclic) bond motifs is 1. The van der Waals surface area contributed by atoms with Gasteiger partial charge in [-0.05, 0) is 36.4 Å². The standard InChI is InChI=1S/C21H16FN5S/c1-14-25-13-20(15-5-3-7-17(22)11-15)26-27(14)21(23-2)28-18-8-9-19-16(12-18)6-4-10-24-19/h3-13H,1H2,2H3. The molecule has 0 spiro atoms. The van der Waals surface area contributed by atoms with Gasteiger partial charge in [0.05, 0.1) is 11.7 Å². The van der Waals surface area contributed by atoms with E-state index < -0.39 is 0 Å². The summed E-state index contributed by atoms with van der Waals surface area (Å²) in [6.07, 6.45) is 3.35. The van der Waals surface area contributed by atoms with E-state index in [4.69, 9.17) is 0 Å². The minimum absolute atomic E-state index is 0.326. The van der Waals surface area contributed by atoms with Crippen molar-refractivity contribution in [3.05, 3.63) is 84.6 Å². The highest BCUT2D eigenvalue weighted by Crippen LogP contribution is 2.28. The number of pyridine rings is 1. The first-order valence-electron chi connectivity index (χ1n) is 8.51. The summed E-state index contributed by atoms with van der Waals surface area (Å²) in [7, 11) is 1.69. The molecule has 0 bridgehead atoms. The summed E-state index contributed by atoms with van der Waals surface area (Å²) < 4.78 is 13.6. The Labute approximate surface area is 166 Å². The fourth-order valence-corrected chi connectivity index (χ4v) is 3.58. The van der Waals surface area contributed by atoms with Gasteiger partial charge in [0.2, 0.25) is 0 Å². The van der Waals surface area contributed by atoms with Gasteiger partial charge in [0.1, 0.15) is 17.3 Å². The lowest BCUT2D eigenvalue weighted by atomic mass is 10.1. The summed E-state index contributed by atoms with van der Waals surface area (Å²) >= 11 is 1.45. The summed E-state index contributed by atoms with van der Waals surface area (Å²) in [5, 5.41) is 7.80. The van der Waals surface area contributed by atoms with Crippen LogP contribution in [0.5, 0.6) is 0 Å². The Balaban J connectivity index is 1.64. The molecule has 28 heavy (non-hydrogen) atoms. The summed E-state index contributed by atoms with van der Waals surface area (Å²) in [5.74, 6) is 0.115. The molecule has 138 valence electrons. The fraction of sp³-hybridized carbons (Fsp3) is 0.0476. The van der Waals surface area contributed by atoms with Crippen molar-refractivity contribution in [2.24, 2.45) is 15.1 Å². The molecule has 4 rings (SSSR count). The normalized spacial score (nSPS) is 14.5. The number of hydrazone groups is 1. The molecule has 0 saturated carbocycles. The predicted molar refractivity (Wildman–Crippen MR) is 113 cm³/mol. The number of thioether (sulfide) groups is 1. The molecule has 0 aliphatic carbocycles. The predicted octanol–water partition coefficient (Wildman–Crippen LogP) is 4.71. The summed E-state index contributed by atoms with van der Waals surface area (Å²) in [6, 6.07) is 16.2. The molecule has 0 N–H and O–H groups in total. The number of benzene rings is 2. The zero-order valence-electron chi connectivity index (χ0n) is 15.1. The van der Waals surface area contributed by atoms with Crippen LogP contribution in [0.3, 0.4) is 0 Å². The first-order valence-corrected chi connectivity index (χ1v) is 9.33. The zero-order valence-corrected chi connectivity index (χ0v) is 15.9. The van der Waals surface area contributed by atoms with Crippen LogP contribution in [0.1, 0.15) is 5.56 Å². The molecule has 7 heteroatoms.